The van der Waals surface area contributed by atoms with Gasteiger partial charge in [0.1, 0.15) is 12.6 Å². The second kappa shape index (κ2) is 15.3. The summed E-state index contributed by atoms with van der Waals surface area (Å²) in [6.45, 7) is 3.89. The predicted molar refractivity (Wildman–Crippen MR) is 153 cm³/mol. The molecule has 0 unspecified atom stereocenters. The van der Waals surface area contributed by atoms with Crippen LogP contribution in [0.15, 0.2) is 84.9 Å². The molecule has 40 heavy (non-hydrogen) atoms. The molecular formula is C32H37N3O5. The topological polar surface area (TPSA) is 128 Å². The first-order valence-corrected chi connectivity index (χ1v) is 13.5. The summed E-state index contributed by atoms with van der Waals surface area (Å²) in [6.07, 6.45) is 1.57. The molecule has 3 atom stereocenters. The van der Waals surface area contributed by atoms with E-state index in [-0.39, 0.29) is 36.0 Å². The normalized spacial score (nSPS) is 13.1. The predicted octanol–water partition coefficient (Wildman–Crippen LogP) is 3.83. The molecule has 0 aromatic heterocycles. The van der Waals surface area contributed by atoms with Gasteiger partial charge in [0.25, 0.3) is 5.91 Å². The standard InChI is InChI=1S/C32H37N3O5/c1-3-22(2)29(35-31(38)26-16-10-15-25(19-26)30(33)37)32(39)34-27(18-17-23-11-6-4-7-12-23)28(36)21-40-20-24-13-8-5-9-14-24/h4-16,19,22,27,29H,3,17-18,20-21H2,1-2H3,(H2,33,37)(H,34,39)(H,35,38)/t22-,27-,29-/m0/s1. The van der Waals surface area contributed by atoms with Gasteiger partial charge in [-0.1, -0.05) is 87.0 Å². The van der Waals surface area contributed by atoms with E-state index in [0.29, 0.717) is 19.3 Å². The number of benzene rings is 3. The molecule has 0 fully saturated rings. The average Bonchev–Trinajstić information content (AvgIpc) is 2.98. The highest BCUT2D eigenvalue weighted by Crippen LogP contribution is 2.13. The molecule has 3 amide bonds. The monoisotopic (exact) mass is 543 g/mol. The molecule has 0 bridgehead atoms. The third kappa shape index (κ3) is 9.17. The van der Waals surface area contributed by atoms with Crippen LogP contribution >= 0.6 is 0 Å². The van der Waals surface area contributed by atoms with E-state index in [1.165, 1.54) is 12.1 Å². The van der Waals surface area contributed by atoms with Crippen LogP contribution in [0.5, 0.6) is 0 Å². The Bertz CT molecular complexity index is 1280. The van der Waals surface area contributed by atoms with Crippen molar-refractivity contribution in [1.29, 1.82) is 0 Å². The number of carbonyl (C=O) groups excluding carboxylic acids is 4. The number of ether oxygens (including phenoxy) is 1. The van der Waals surface area contributed by atoms with Crippen LogP contribution in [0.2, 0.25) is 0 Å². The summed E-state index contributed by atoms with van der Waals surface area (Å²) in [5.41, 5.74) is 7.74. The van der Waals surface area contributed by atoms with Crippen molar-refractivity contribution in [1.82, 2.24) is 10.6 Å². The molecule has 210 valence electrons. The van der Waals surface area contributed by atoms with Gasteiger partial charge in [-0.05, 0) is 48.1 Å². The van der Waals surface area contributed by atoms with E-state index in [1.807, 2.05) is 74.5 Å². The molecule has 0 aliphatic rings. The minimum Gasteiger partial charge on any atom is -0.369 e. The van der Waals surface area contributed by atoms with Crippen LogP contribution in [0.1, 0.15) is 58.5 Å². The van der Waals surface area contributed by atoms with Crippen molar-refractivity contribution in [2.24, 2.45) is 11.7 Å². The second-order valence-corrected chi connectivity index (χ2v) is 9.81. The van der Waals surface area contributed by atoms with E-state index in [0.717, 1.165) is 11.1 Å². The van der Waals surface area contributed by atoms with Crippen LogP contribution in [-0.4, -0.2) is 42.2 Å². The molecule has 0 radical (unpaired) electrons. The van der Waals surface area contributed by atoms with Gasteiger partial charge in [-0.3, -0.25) is 19.2 Å². The molecule has 3 aromatic carbocycles. The number of carbonyl (C=O) groups is 4. The fourth-order valence-corrected chi connectivity index (χ4v) is 4.22. The minimum absolute atomic E-state index is 0.158. The third-order valence-corrected chi connectivity index (χ3v) is 6.82. The first-order valence-electron chi connectivity index (χ1n) is 13.5. The lowest BCUT2D eigenvalue weighted by atomic mass is 9.96. The number of nitrogens with one attached hydrogen (secondary N) is 2. The van der Waals surface area contributed by atoms with E-state index in [9.17, 15) is 19.2 Å². The molecule has 8 nitrogen and oxygen atoms in total. The van der Waals surface area contributed by atoms with Gasteiger partial charge in [0.2, 0.25) is 11.8 Å². The van der Waals surface area contributed by atoms with Gasteiger partial charge in [-0.2, -0.15) is 0 Å². The van der Waals surface area contributed by atoms with Gasteiger partial charge < -0.3 is 21.1 Å². The van der Waals surface area contributed by atoms with Crippen LogP contribution in [0.3, 0.4) is 0 Å². The summed E-state index contributed by atoms with van der Waals surface area (Å²) >= 11 is 0. The second-order valence-electron chi connectivity index (χ2n) is 9.81. The molecule has 0 aliphatic carbocycles. The molecular weight excluding hydrogens is 506 g/mol. The number of amides is 3. The Kier molecular flexibility index (Phi) is 11.6. The third-order valence-electron chi connectivity index (χ3n) is 6.82. The Morgan fingerprint density at radius 1 is 0.825 bits per heavy atom. The number of aryl methyl sites for hydroxylation is 1. The highest BCUT2D eigenvalue weighted by Gasteiger charge is 2.30. The molecule has 3 aromatic rings. The maximum Gasteiger partial charge on any atom is 0.251 e. The summed E-state index contributed by atoms with van der Waals surface area (Å²) in [4.78, 5) is 51.3. The highest BCUT2D eigenvalue weighted by atomic mass is 16.5. The molecule has 0 spiro atoms. The van der Waals surface area contributed by atoms with Crippen molar-refractivity contribution in [3.63, 3.8) is 0 Å². The number of Topliss-reactive ketones (excluding diaryl/α,β-unsaturated/α-hetero) is 1. The minimum atomic E-state index is -0.896. The number of ketones is 1. The number of primary amides is 1. The van der Waals surface area contributed by atoms with Crippen molar-refractivity contribution in [2.45, 2.75) is 51.8 Å². The zero-order valence-corrected chi connectivity index (χ0v) is 23.0. The van der Waals surface area contributed by atoms with Crippen LogP contribution in [0, 0.1) is 5.92 Å². The molecule has 4 N–H and O–H groups in total. The number of nitrogens with two attached hydrogens (primary N) is 1. The highest BCUT2D eigenvalue weighted by molar-refractivity contribution is 6.01. The van der Waals surface area contributed by atoms with Crippen LogP contribution in [0.4, 0.5) is 0 Å². The Morgan fingerprint density at radius 3 is 2.08 bits per heavy atom. The zero-order valence-electron chi connectivity index (χ0n) is 23.0. The van der Waals surface area contributed by atoms with E-state index in [2.05, 4.69) is 10.6 Å². The zero-order chi connectivity index (χ0) is 28.9. The number of hydrogen-bond donors (Lipinski definition) is 3. The van der Waals surface area contributed by atoms with Gasteiger partial charge >= 0.3 is 0 Å². The lowest BCUT2D eigenvalue weighted by Crippen LogP contribution is -2.54. The van der Waals surface area contributed by atoms with Crippen molar-refractivity contribution in [3.8, 4) is 0 Å². The van der Waals surface area contributed by atoms with Crippen molar-refractivity contribution in [3.05, 3.63) is 107 Å². The van der Waals surface area contributed by atoms with Gasteiger partial charge in [0.05, 0.1) is 12.6 Å². The quantitative estimate of drug-likeness (QED) is 0.268. The number of rotatable bonds is 15. The van der Waals surface area contributed by atoms with E-state index < -0.39 is 29.8 Å². The number of hydrogen-bond acceptors (Lipinski definition) is 5. The van der Waals surface area contributed by atoms with Crippen LogP contribution in [0.25, 0.3) is 0 Å². The largest absolute Gasteiger partial charge is 0.369 e. The van der Waals surface area contributed by atoms with Crippen LogP contribution < -0.4 is 16.4 Å². The lowest BCUT2D eigenvalue weighted by molar-refractivity contribution is -0.132. The summed E-state index contributed by atoms with van der Waals surface area (Å²) < 4.78 is 5.67. The maximum absolute atomic E-state index is 13.5. The van der Waals surface area contributed by atoms with Crippen molar-refractivity contribution < 1.29 is 23.9 Å². The SMILES string of the molecule is CC[C@H](C)[C@H](NC(=O)c1cccc(C(N)=O)c1)C(=O)N[C@@H](CCc1ccccc1)C(=O)COCc1ccccc1. The first-order chi connectivity index (χ1) is 19.3. The Morgan fingerprint density at radius 2 is 1.45 bits per heavy atom. The molecule has 3 rings (SSSR count). The fourth-order valence-electron chi connectivity index (χ4n) is 4.22. The Balaban J connectivity index is 1.72. The molecule has 0 heterocycles. The summed E-state index contributed by atoms with van der Waals surface area (Å²) in [7, 11) is 0. The van der Waals surface area contributed by atoms with Gasteiger partial charge in [0, 0.05) is 11.1 Å². The fraction of sp³-hybridized carbons (Fsp3) is 0.312. The van der Waals surface area contributed by atoms with Gasteiger partial charge in [-0.15, -0.1) is 0 Å². The molecule has 8 heteroatoms. The van der Waals surface area contributed by atoms with Crippen molar-refractivity contribution >= 4 is 23.5 Å². The molecule has 0 saturated heterocycles. The average molecular weight is 544 g/mol. The summed E-state index contributed by atoms with van der Waals surface area (Å²) in [6, 6.07) is 23.6. The maximum atomic E-state index is 13.5. The van der Waals surface area contributed by atoms with E-state index in [4.69, 9.17) is 10.5 Å². The first kappa shape index (κ1) is 30.2. The van der Waals surface area contributed by atoms with E-state index in [1.54, 1.807) is 12.1 Å². The van der Waals surface area contributed by atoms with E-state index >= 15 is 0 Å². The molecule has 0 saturated carbocycles. The lowest BCUT2D eigenvalue weighted by Gasteiger charge is -2.26. The Labute approximate surface area is 235 Å². The Hall–Kier alpha value is -4.30. The van der Waals surface area contributed by atoms with Gasteiger partial charge in [-0.25, -0.2) is 0 Å². The summed E-state index contributed by atoms with van der Waals surface area (Å²) in [5, 5.41) is 5.67. The van der Waals surface area contributed by atoms with Crippen LogP contribution in [-0.2, 0) is 27.4 Å². The smallest absolute Gasteiger partial charge is 0.251 e. The molecule has 0 aliphatic heterocycles. The van der Waals surface area contributed by atoms with Gasteiger partial charge in [0.15, 0.2) is 5.78 Å². The summed E-state index contributed by atoms with van der Waals surface area (Å²) in [5.74, 6) is -2.09. The van der Waals surface area contributed by atoms with Crippen molar-refractivity contribution in [2.75, 3.05) is 6.61 Å².